The molecule has 3 heterocycles. The van der Waals surface area contributed by atoms with Crippen LogP contribution < -0.4 is 5.32 Å². The van der Waals surface area contributed by atoms with E-state index in [1.54, 1.807) is 0 Å². The molecule has 1 atom stereocenters. The van der Waals surface area contributed by atoms with Gasteiger partial charge in [-0.3, -0.25) is 19.5 Å². The van der Waals surface area contributed by atoms with E-state index in [2.05, 4.69) is 68.4 Å². The quantitative estimate of drug-likeness (QED) is 0.613. The minimum absolute atomic E-state index is 0.0305. The molecule has 202 valence electrons. The van der Waals surface area contributed by atoms with Gasteiger partial charge in [0.25, 0.3) is 0 Å². The summed E-state index contributed by atoms with van der Waals surface area (Å²) in [6, 6.07) is 9.02. The van der Waals surface area contributed by atoms with E-state index in [1.807, 2.05) is 16.8 Å². The van der Waals surface area contributed by atoms with Gasteiger partial charge in [0.05, 0.1) is 18.1 Å². The van der Waals surface area contributed by atoms with E-state index in [0.717, 1.165) is 62.4 Å². The molecule has 1 amide bonds. The van der Waals surface area contributed by atoms with Gasteiger partial charge >= 0.3 is 0 Å². The molecule has 2 aliphatic heterocycles. The van der Waals surface area contributed by atoms with Gasteiger partial charge in [0, 0.05) is 37.9 Å². The number of nitrogens with one attached hydrogen (secondary N) is 1. The van der Waals surface area contributed by atoms with E-state index in [4.69, 9.17) is 0 Å². The van der Waals surface area contributed by atoms with E-state index in [9.17, 15) is 4.79 Å². The molecular formula is C28H44N8O. The van der Waals surface area contributed by atoms with Crippen LogP contribution in [0.1, 0.15) is 83.1 Å². The van der Waals surface area contributed by atoms with E-state index in [-0.39, 0.29) is 17.5 Å². The Labute approximate surface area is 221 Å². The standard InChI is InChI=1S/C28H44N8O/c1-28(2,3)36-27(30-31-32-36)26(35-19-17-34(18-20-35)24-9-5-4-6-10-24)22-11-13-23(14-12-22)29-25(37)21-33-15-7-8-16-33/h11-14,24,26H,4-10,15-21H2,1-3H3,(H,29,37). The smallest absolute Gasteiger partial charge is 0.238 e. The van der Waals surface area contributed by atoms with Gasteiger partial charge in [0.1, 0.15) is 0 Å². The summed E-state index contributed by atoms with van der Waals surface area (Å²) in [5, 5.41) is 16.1. The first-order valence-corrected chi connectivity index (χ1v) is 14.3. The number of hydrogen-bond donors (Lipinski definition) is 1. The van der Waals surface area contributed by atoms with Crippen LogP contribution in [0, 0.1) is 0 Å². The summed E-state index contributed by atoms with van der Waals surface area (Å²) in [7, 11) is 0. The second kappa shape index (κ2) is 11.6. The van der Waals surface area contributed by atoms with Crippen LogP contribution in [0.4, 0.5) is 5.69 Å². The molecule has 0 radical (unpaired) electrons. The molecule has 1 N–H and O–H groups in total. The van der Waals surface area contributed by atoms with Gasteiger partial charge in [-0.05, 0) is 87.7 Å². The zero-order valence-electron chi connectivity index (χ0n) is 22.9. The normalized spacial score (nSPS) is 21.8. The molecule has 1 unspecified atom stereocenters. The summed E-state index contributed by atoms with van der Waals surface area (Å²) in [6.45, 7) is 13.1. The Bertz CT molecular complexity index is 1010. The Morgan fingerprint density at radius 3 is 2.27 bits per heavy atom. The number of hydrogen-bond acceptors (Lipinski definition) is 7. The molecule has 5 rings (SSSR count). The lowest BCUT2D eigenvalue weighted by Crippen LogP contribution is -2.52. The lowest BCUT2D eigenvalue weighted by atomic mass is 9.93. The molecular weight excluding hydrogens is 464 g/mol. The predicted molar refractivity (Wildman–Crippen MR) is 145 cm³/mol. The number of carbonyl (C=O) groups excluding carboxylic acids is 1. The first-order valence-electron chi connectivity index (χ1n) is 14.3. The lowest BCUT2D eigenvalue weighted by Gasteiger charge is -2.43. The fraction of sp³-hybridized carbons (Fsp3) is 0.714. The van der Waals surface area contributed by atoms with Gasteiger partial charge in [0.2, 0.25) is 5.91 Å². The van der Waals surface area contributed by atoms with Gasteiger partial charge in [-0.25, -0.2) is 4.68 Å². The third-order valence-corrected chi connectivity index (χ3v) is 8.25. The highest BCUT2D eigenvalue weighted by Gasteiger charge is 2.34. The molecule has 1 aromatic carbocycles. The zero-order valence-corrected chi connectivity index (χ0v) is 22.9. The number of amides is 1. The average molecular weight is 509 g/mol. The molecule has 2 aromatic rings. The van der Waals surface area contributed by atoms with Crippen molar-refractivity contribution in [3.63, 3.8) is 0 Å². The Morgan fingerprint density at radius 2 is 1.62 bits per heavy atom. The van der Waals surface area contributed by atoms with Crippen molar-refractivity contribution in [3.8, 4) is 0 Å². The molecule has 1 aliphatic carbocycles. The summed E-state index contributed by atoms with van der Waals surface area (Å²) >= 11 is 0. The Morgan fingerprint density at radius 1 is 0.946 bits per heavy atom. The predicted octanol–water partition coefficient (Wildman–Crippen LogP) is 3.50. The second-order valence-corrected chi connectivity index (χ2v) is 12.0. The number of tetrazole rings is 1. The first-order chi connectivity index (χ1) is 17.9. The van der Waals surface area contributed by atoms with Crippen LogP contribution in [-0.2, 0) is 10.3 Å². The van der Waals surface area contributed by atoms with Crippen LogP contribution in [0.5, 0.6) is 0 Å². The van der Waals surface area contributed by atoms with E-state index in [0.29, 0.717) is 6.54 Å². The van der Waals surface area contributed by atoms with Crippen LogP contribution in [-0.4, -0.2) is 92.7 Å². The Balaban J connectivity index is 1.32. The van der Waals surface area contributed by atoms with Crippen LogP contribution >= 0.6 is 0 Å². The molecule has 9 heteroatoms. The molecule has 0 bridgehead atoms. The van der Waals surface area contributed by atoms with Crippen molar-refractivity contribution >= 4 is 11.6 Å². The van der Waals surface area contributed by atoms with E-state index in [1.165, 1.54) is 44.9 Å². The van der Waals surface area contributed by atoms with Crippen LogP contribution in [0.3, 0.4) is 0 Å². The van der Waals surface area contributed by atoms with Gasteiger partial charge in [-0.1, -0.05) is 31.4 Å². The second-order valence-electron chi connectivity index (χ2n) is 12.0. The number of carbonyl (C=O) groups is 1. The van der Waals surface area contributed by atoms with Crippen LogP contribution in [0.2, 0.25) is 0 Å². The van der Waals surface area contributed by atoms with Crippen molar-refractivity contribution in [3.05, 3.63) is 35.7 Å². The molecule has 1 aromatic heterocycles. The molecule has 9 nitrogen and oxygen atoms in total. The molecule has 37 heavy (non-hydrogen) atoms. The minimum Gasteiger partial charge on any atom is -0.325 e. The number of anilines is 1. The topological polar surface area (TPSA) is 82.4 Å². The molecule has 3 aliphatic rings. The highest BCUT2D eigenvalue weighted by atomic mass is 16.2. The number of nitrogens with zero attached hydrogens (tertiary/aromatic N) is 7. The van der Waals surface area contributed by atoms with Crippen molar-refractivity contribution < 1.29 is 4.79 Å². The fourth-order valence-corrected chi connectivity index (χ4v) is 6.27. The van der Waals surface area contributed by atoms with Crippen molar-refractivity contribution in [2.45, 2.75) is 83.3 Å². The van der Waals surface area contributed by atoms with Gasteiger partial charge in [-0.15, -0.1) is 5.10 Å². The fourth-order valence-electron chi connectivity index (χ4n) is 6.27. The largest absolute Gasteiger partial charge is 0.325 e. The average Bonchev–Trinajstić information content (AvgIpc) is 3.59. The number of rotatable bonds is 7. The maximum atomic E-state index is 12.5. The molecule has 1 saturated carbocycles. The SMILES string of the molecule is CC(C)(C)n1nnnc1C(c1ccc(NC(=O)CN2CCCC2)cc1)N1CCN(C2CCCCC2)CC1. The number of likely N-dealkylation sites (tertiary alicyclic amines) is 1. The van der Waals surface area contributed by atoms with Crippen molar-refractivity contribution in [2.24, 2.45) is 0 Å². The third kappa shape index (κ3) is 6.38. The van der Waals surface area contributed by atoms with Crippen molar-refractivity contribution in [1.29, 1.82) is 0 Å². The zero-order chi connectivity index (χ0) is 25.8. The van der Waals surface area contributed by atoms with Crippen molar-refractivity contribution in [1.82, 2.24) is 34.9 Å². The monoisotopic (exact) mass is 508 g/mol. The summed E-state index contributed by atoms with van der Waals surface area (Å²) in [5.41, 5.74) is 1.78. The number of piperazine rings is 1. The number of aromatic nitrogens is 4. The highest BCUT2D eigenvalue weighted by molar-refractivity contribution is 5.92. The summed E-state index contributed by atoms with van der Waals surface area (Å²) in [6.07, 6.45) is 9.19. The lowest BCUT2D eigenvalue weighted by molar-refractivity contribution is -0.117. The van der Waals surface area contributed by atoms with Gasteiger partial charge < -0.3 is 5.32 Å². The highest BCUT2D eigenvalue weighted by Crippen LogP contribution is 2.32. The van der Waals surface area contributed by atoms with Gasteiger partial charge in [0.15, 0.2) is 5.82 Å². The maximum absolute atomic E-state index is 12.5. The van der Waals surface area contributed by atoms with Gasteiger partial charge in [-0.2, -0.15) is 0 Å². The Kier molecular flexibility index (Phi) is 8.21. The van der Waals surface area contributed by atoms with E-state index >= 15 is 0 Å². The summed E-state index contributed by atoms with van der Waals surface area (Å²) in [4.78, 5) is 20.0. The van der Waals surface area contributed by atoms with Crippen LogP contribution in [0.25, 0.3) is 0 Å². The summed E-state index contributed by atoms with van der Waals surface area (Å²) < 4.78 is 1.97. The Hall–Kier alpha value is -2.36. The van der Waals surface area contributed by atoms with Crippen LogP contribution in [0.15, 0.2) is 24.3 Å². The third-order valence-electron chi connectivity index (χ3n) is 8.25. The first kappa shape index (κ1) is 26.3. The molecule has 3 fully saturated rings. The molecule has 0 spiro atoms. The maximum Gasteiger partial charge on any atom is 0.238 e. The molecule has 2 saturated heterocycles. The minimum atomic E-state index is -0.218. The number of benzene rings is 1. The summed E-state index contributed by atoms with van der Waals surface area (Å²) in [5.74, 6) is 0.936. The van der Waals surface area contributed by atoms with E-state index < -0.39 is 0 Å². The van der Waals surface area contributed by atoms with Crippen molar-refractivity contribution in [2.75, 3.05) is 51.1 Å².